The first kappa shape index (κ1) is 15.2. The van der Waals surface area contributed by atoms with E-state index in [4.69, 9.17) is 9.47 Å². The maximum atomic E-state index is 11.8. The van der Waals surface area contributed by atoms with Crippen LogP contribution in [0.3, 0.4) is 0 Å². The van der Waals surface area contributed by atoms with Crippen LogP contribution < -0.4 is 0 Å². The fourth-order valence-corrected chi connectivity index (χ4v) is 3.53. The largest absolute Gasteiger partial charge is 0.377 e. The number of nitrogens with zero attached hydrogens (tertiary/aromatic N) is 2. The molecular weight excluding hydrogens is 268 g/mol. The van der Waals surface area contributed by atoms with E-state index in [9.17, 15) is 8.42 Å². The molecule has 1 atom stereocenters. The third-order valence-corrected chi connectivity index (χ3v) is 5.04. The molecule has 2 fully saturated rings. The summed E-state index contributed by atoms with van der Waals surface area (Å²) < 4.78 is 36.5. The average molecular weight is 292 g/mol. The highest BCUT2D eigenvalue weighted by Gasteiger charge is 2.42. The summed E-state index contributed by atoms with van der Waals surface area (Å²) in [5.41, 5.74) is -0.526. The van der Waals surface area contributed by atoms with Crippen molar-refractivity contribution in [1.82, 2.24) is 9.21 Å². The van der Waals surface area contributed by atoms with Gasteiger partial charge < -0.3 is 9.47 Å². The highest BCUT2D eigenvalue weighted by molar-refractivity contribution is 7.88. The quantitative estimate of drug-likeness (QED) is 0.703. The lowest BCUT2D eigenvalue weighted by atomic mass is 10.0. The predicted molar refractivity (Wildman–Crippen MR) is 72.6 cm³/mol. The molecule has 0 saturated carbocycles. The number of hydrogen-bond donors (Lipinski definition) is 0. The van der Waals surface area contributed by atoms with Crippen molar-refractivity contribution in [3.8, 4) is 0 Å². The van der Waals surface area contributed by atoms with Gasteiger partial charge in [-0.15, -0.1) is 0 Å². The fraction of sp³-hybridized carbons (Fsp3) is 1.00. The third kappa shape index (κ3) is 3.66. The van der Waals surface area contributed by atoms with E-state index in [1.807, 2.05) is 0 Å². The van der Waals surface area contributed by atoms with E-state index in [-0.39, 0.29) is 0 Å². The molecule has 2 aliphatic heterocycles. The van der Waals surface area contributed by atoms with Gasteiger partial charge in [-0.05, 0) is 13.8 Å². The van der Waals surface area contributed by atoms with Gasteiger partial charge in [0.15, 0.2) is 0 Å². The Labute approximate surface area is 115 Å². The molecule has 7 heteroatoms. The molecule has 19 heavy (non-hydrogen) atoms. The molecule has 2 aliphatic rings. The van der Waals surface area contributed by atoms with Gasteiger partial charge in [0.25, 0.3) is 0 Å². The summed E-state index contributed by atoms with van der Waals surface area (Å²) in [6.45, 7) is 8.20. The van der Waals surface area contributed by atoms with Crippen LogP contribution in [0.5, 0.6) is 0 Å². The van der Waals surface area contributed by atoms with E-state index in [0.29, 0.717) is 39.0 Å². The maximum Gasteiger partial charge on any atom is 0.211 e. The molecule has 2 heterocycles. The van der Waals surface area contributed by atoms with Gasteiger partial charge in [0.1, 0.15) is 5.60 Å². The highest BCUT2D eigenvalue weighted by atomic mass is 32.2. The monoisotopic (exact) mass is 292 g/mol. The van der Waals surface area contributed by atoms with E-state index in [1.165, 1.54) is 10.6 Å². The Morgan fingerprint density at radius 3 is 2.53 bits per heavy atom. The summed E-state index contributed by atoms with van der Waals surface area (Å²) >= 11 is 0. The van der Waals surface area contributed by atoms with Gasteiger partial charge in [0, 0.05) is 32.2 Å². The summed E-state index contributed by atoms with van der Waals surface area (Å²) in [4.78, 5) is 2.32. The first-order valence-corrected chi connectivity index (χ1v) is 8.58. The molecule has 1 spiro atoms. The molecule has 0 bridgehead atoms. The number of rotatable bonds is 2. The molecule has 6 nitrogen and oxygen atoms in total. The van der Waals surface area contributed by atoms with Gasteiger partial charge in [0.05, 0.1) is 26.1 Å². The van der Waals surface area contributed by atoms with E-state index in [0.717, 1.165) is 13.1 Å². The minimum atomic E-state index is -3.21. The molecule has 0 N–H and O–H groups in total. The van der Waals surface area contributed by atoms with Crippen LogP contribution in [0.25, 0.3) is 0 Å². The smallest absolute Gasteiger partial charge is 0.211 e. The molecule has 0 aromatic heterocycles. The van der Waals surface area contributed by atoms with Crippen LogP contribution in [0.1, 0.15) is 13.8 Å². The van der Waals surface area contributed by atoms with E-state index in [1.54, 1.807) is 0 Å². The molecular formula is C12H24N2O4S. The van der Waals surface area contributed by atoms with E-state index >= 15 is 0 Å². The van der Waals surface area contributed by atoms with Gasteiger partial charge in [-0.2, -0.15) is 4.31 Å². The second-order valence-electron chi connectivity index (χ2n) is 5.74. The van der Waals surface area contributed by atoms with Gasteiger partial charge in [0.2, 0.25) is 10.0 Å². The van der Waals surface area contributed by atoms with Crippen LogP contribution in [-0.2, 0) is 19.5 Å². The normalized spacial score (nSPS) is 31.8. The van der Waals surface area contributed by atoms with Gasteiger partial charge >= 0.3 is 0 Å². The Morgan fingerprint density at radius 2 is 1.89 bits per heavy atom. The van der Waals surface area contributed by atoms with Crippen molar-refractivity contribution in [1.29, 1.82) is 0 Å². The molecule has 2 rings (SSSR count). The number of ether oxygens (including phenoxy) is 2. The number of morpholine rings is 1. The van der Waals surface area contributed by atoms with Crippen LogP contribution in [0.15, 0.2) is 0 Å². The molecule has 112 valence electrons. The topological polar surface area (TPSA) is 59.1 Å². The van der Waals surface area contributed by atoms with Crippen LogP contribution in [0.4, 0.5) is 0 Å². The molecule has 0 amide bonds. The van der Waals surface area contributed by atoms with Gasteiger partial charge in [-0.3, -0.25) is 4.90 Å². The van der Waals surface area contributed by atoms with E-state index < -0.39 is 15.6 Å². The Balaban J connectivity index is 2.16. The summed E-state index contributed by atoms with van der Waals surface area (Å²) in [6.07, 6.45) is 1.25. The zero-order valence-corrected chi connectivity index (χ0v) is 12.8. The Hall–Kier alpha value is -0.210. The lowest BCUT2D eigenvalue weighted by molar-refractivity contribution is -0.143. The molecule has 2 saturated heterocycles. The Morgan fingerprint density at radius 1 is 1.16 bits per heavy atom. The molecule has 0 radical (unpaired) electrons. The maximum absolute atomic E-state index is 11.8. The Kier molecular flexibility index (Phi) is 4.52. The van der Waals surface area contributed by atoms with Gasteiger partial charge in [-0.25, -0.2) is 8.42 Å². The summed E-state index contributed by atoms with van der Waals surface area (Å²) in [6, 6.07) is 0.427. The first-order chi connectivity index (χ1) is 8.82. The standard InChI is InChI=1S/C12H24N2O4S/c1-11(2)13-4-7-18-12(8-13)9-14(19(3,15)16)5-6-17-10-12/h11H,4-10H2,1-3H3. The summed E-state index contributed by atoms with van der Waals surface area (Å²) in [7, 11) is -3.21. The zero-order valence-electron chi connectivity index (χ0n) is 12.0. The lowest BCUT2D eigenvalue weighted by Gasteiger charge is -2.44. The van der Waals surface area contributed by atoms with Crippen molar-refractivity contribution in [2.75, 3.05) is 52.3 Å². The zero-order chi connectivity index (χ0) is 14.1. The number of hydrogen-bond acceptors (Lipinski definition) is 5. The lowest BCUT2D eigenvalue weighted by Crippen LogP contribution is -2.60. The van der Waals surface area contributed by atoms with Crippen LogP contribution >= 0.6 is 0 Å². The third-order valence-electron chi connectivity index (χ3n) is 3.79. The SMILES string of the molecule is CC(C)N1CCOC2(COCCN(S(C)(=O)=O)C2)C1. The second-order valence-corrected chi connectivity index (χ2v) is 7.73. The van der Waals surface area contributed by atoms with Crippen molar-refractivity contribution in [2.45, 2.75) is 25.5 Å². The molecule has 0 aliphatic carbocycles. The summed E-state index contributed by atoms with van der Waals surface area (Å²) in [5, 5.41) is 0. The van der Waals surface area contributed by atoms with Crippen molar-refractivity contribution in [2.24, 2.45) is 0 Å². The van der Waals surface area contributed by atoms with Crippen molar-refractivity contribution in [3.63, 3.8) is 0 Å². The van der Waals surface area contributed by atoms with Crippen LogP contribution in [0, 0.1) is 0 Å². The predicted octanol–water partition coefficient (Wildman–Crippen LogP) is -0.242. The van der Waals surface area contributed by atoms with Crippen LogP contribution in [0.2, 0.25) is 0 Å². The fourth-order valence-electron chi connectivity index (χ4n) is 2.65. The number of sulfonamides is 1. The first-order valence-electron chi connectivity index (χ1n) is 6.73. The molecule has 1 unspecified atom stereocenters. The van der Waals surface area contributed by atoms with Crippen LogP contribution in [-0.4, -0.2) is 81.5 Å². The summed E-state index contributed by atoms with van der Waals surface area (Å²) in [5.74, 6) is 0. The molecule has 0 aromatic carbocycles. The minimum Gasteiger partial charge on any atom is -0.377 e. The van der Waals surface area contributed by atoms with E-state index in [2.05, 4.69) is 18.7 Å². The highest BCUT2D eigenvalue weighted by Crippen LogP contribution is 2.24. The molecule has 0 aromatic rings. The van der Waals surface area contributed by atoms with Gasteiger partial charge in [-0.1, -0.05) is 0 Å². The van der Waals surface area contributed by atoms with Crippen molar-refractivity contribution < 1.29 is 17.9 Å². The Bertz CT molecular complexity index is 412. The van der Waals surface area contributed by atoms with Crippen molar-refractivity contribution >= 4 is 10.0 Å². The van der Waals surface area contributed by atoms with Crippen molar-refractivity contribution in [3.05, 3.63) is 0 Å². The average Bonchev–Trinajstić information content (AvgIpc) is 2.52. The second kappa shape index (κ2) is 5.65. The minimum absolute atomic E-state index is 0.384.